The number of hydrogen-bond acceptors (Lipinski definition) is 5. The van der Waals surface area contributed by atoms with Crippen molar-refractivity contribution in [2.45, 2.75) is 44.2 Å². The third-order valence-corrected chi connectivity index (χ3v) is 6.28. The summed E-state index contributed by atoms with van der Waals surface area (Å²) in [6.07, 6.45) is 6.82. The maximum Gasteiger partial charge on any atom is 0.0623 e. The quantitative estimate of drug-likeness (QED) is 0.705. The molecule has 3 aliphatic rings. The summed E-state index contributed by atoms with van der Waals surface area (Å²) < 4.78 is 5.69. The summed E-state index contributed by atoms with van der Waals surface area (Å²) in [4.78, 5) is 4.93. The molecule has 148 valence electrons. The van der Waals surface area contributed by atoms with Crippen molar-refractivity contribution in [3.8, 4) is 0 Å². The number of morpholine rings is 1. The first-order valence-electron chi connectivity index (χ1n) is 10.1. The van der Waals surface area contributed by atoms with Crippen molar-refractivity contribution in [1.82, 2.24) is 20.4 Å². The Balaban J connectivity index is 0.00000225. The van der Waals surface area contributed by atoms with Gasteiger partial charge < -0.3 is 25.2 Å². The number of likely N-dealkylation sites (N-methyl/N-ethyl adjacent to an activating group) is 1. The fourth-order valence-electron chi connectivity index (χ4n) is 4.66. The zero-order valence-electron chi connectivity index (χ0n) is 16.2. The molecule has 0 aromatic carbocycles. The van der Waals surface area contributed by atoms with Crippen LogP contribution in [0.25, 0.3) is 0 Å². The number of nitrogens with zero attached hydrogens (tertiary/aromatic N) is 2. The van der Waals surface area contributed by atoms with Crippen LogP contribution in [0.2, 0.25) is 0 Å². The Bertz CT molecular complexity index is 357. The SMILES string of the molecule is CN(C)CCN1CCC(CNC2CCCC2C2COCCN2)CC1.Cl. The molecule has 1 aliphatic carbocycles. The molecule has 0 aromatic rings. The highest BCUT2D eigenvalue weighted by atomic mass is 35.5. The highest BCUT2D eigenvalue weighted by molar-refractivity contribution is 5.85. The van der Waals surface area contributed by atoms with Crippen molar-refractivity contribution in [1.29, 1.82) is 0 Å². The van der Waals surface area contributed by atoms with Gasteiger partial charge in [0.05, 0.1) is 13.2 Å². The van der Waals surface area contributed by atoms with Gasteiger partial charge in [0.25, 0.3) is 0 Å². The molecular formula is C19H39ClN4O. The number of piperidine rings is 1. The fraction of sp³-hybridized carbons (Fsp3) is 1.00. The Labute approximate surface area is 160 Å². The molecule has 6 heteroatoms. The molecule has 25 heavy (non-hydrogen) atoms. The van der Waals surface area contributed by atoms with E-state index in [-0.39, 0.29) is 12.4 Å². The van der Waals surface area contributed by atoms with Crippen molar-refractivity contribution in [2.24, 2.45) is 11.8 Å². The zero-order chi connectivity index (χ0) is 16.8. The molecule has 2 aliphatic heterocycles. The van der Waals surface area contributed by atoms with Crippen molar-refractivity contribution < 1.29 is 4.74 Å². The summed E-state index contributed by atoms with van der Waals surface area (Å²) in [6.45, 7) is 9.02. The summed E-state index contributed by atoms with van der Waals surface area (Å²) in [5.74, 6) is 1.64. The van der Waals surface area contributed by atoms with Gasteiger partial charge in [-0.25, -0.2) is 0 Å². The molecule has 0 spiro atoms. The van der Waals surface area contributed by atoms with E-state index in [2.05, 4.69) is 34.5 Å². The third-order valence-electron chi connectivity index (χ3n) is 6.28. The van der Waals surface area contributed by atoms with Crippen LogP contribution in [0, 0.1) is 11.8 Å². The third kappa shape index (κ3) is 6.64. The summed E-state index contributed by atoms with van der Waals surface area (Å²) in [5.41, 5.74) is 0. The summed E-state index contributed by atoms with van der Waals surface area (Å²) >= 11 is 0. The molecular weight excluding hydrogens is 336 g/mol. The van der Waals surface area contributed by atoms with Gasteiger partial charge in [-0.15, -0.1) is 12.4 Å². The van der Waals surface area contributed by atoms with Crippen molar-refractivity contribution in [3.63, 3.8) is 0 Å². The van der Waals surface area contributed by atoms with Crippen LogP contribution in [0.3, 0.4) is 0 Å². The van der Waals surface area contributed by atoms with Gasteiger partial charge in [-0.2, -0.15) is 0 Å². The predicted octanol–water partition coefficient (Wildman–Crippen LogP) is 1.43. The van der Waals surface area contributed by atoms with Crippen LogP contribution in [-0.4, -0.2) is 88.5 Å². The highest BCUT2D eigenvalue weighted by Crippen LogP contribution is 2.30. The molecule has 1 saturated carbocycles. The normalized spacial score (nSPS) is 32.0. The average Bonchev–Trinajstić information content (AvgIpc) is 3.08. The van der Waals surface area contributed by atoms with Crippen molar-refractivity contribution in [3.05, 3.63) is 0 Å². The second-order valence-corrected chi connectivity index (χ2v) is 8.33. The molecule has 3 fully saturated rings. The molecule has 3 atom stereocenters. The Morgan fingerprint density at radius 2 is 1.96 bits per heavy atom. The van der Waals surface area contributed by atoms with E-state index in [0.717, 1.165) is 31.6 Å². The summed E-state index contributed by atoms with van der Waals surface area (Å²) in [5, 5.41) is 7.62. The Hall–Kier alpha value is 0.0900. The first-order valence-corrected chi connectivity index (χ1v) is 10.1. The molecule has 2 heterocycles. The molecule has 3 rings (SSSR count). The van der Waals surface area contributed by atoms with E-state index in [9.17, 15) is 0 Å². The van der Waals surface area contributed by atoms with Gasteiger partial charge in [-0.3, -0.25) is 0 Å². The highest BCUT2D eigenvalue weighted by Gasteiger charge is 2.34. The number of hydrogen-bond donors (Lipinski definition) is 2. The van der Waals surface area contributed by atoms with E-state index < -0.39 is 0 Å². The van der Waals surface area contributed by atoms with Gasteiger partial charge in [-0.1, -0.05) is 6.42 Å². The van der Waals surface area contributed by atoms with Crippen LogP contribution in [-0.2, 0) is 4.74 Å². The molecule has 2 saturated heterocycles. The maximum atomic E-state index is 5.69. The van der Waals surface area contributed by atoms with Gasteiger partial charge in [0.2, 0.25) is 0 Å². The molecule has 0 amide bonds. The molecule has 0 bridgehead atoms. The number of halogens is 1. The summed E-state index contributed by atoms with van der Waals surface area (Å²) in [6, 6.07) is 1.28. The molecule has 5 nitrogen and oxygen atoms in total. The van der Waals surface area contributed by atoms with E-state index in [0.29, 0.717) is 12.1 Å². The Kier molecular flexibility index (Phi) is 9.46. The topological polar surface area (TPSA) is 39.8 Å². The molecule has 0 aromatic heterocycles. The lowest BCUT2D eigenvalue weighted by Crippen LogP contribution is -2.51. The van der Waals surface area contributed by atoms with E-state index in [1.807, 2.05) is 0 Å². The molecule has 3 unspecified atom stereocenters. The van der Waals surface area contributed by atoms with Crippen molar-refractivity contribution in [2.75, 3.05) is 66.6 Å². The number of rotatable bonds is 7. The van der Waals surface area contributed by atoms with Gasteiger partial charge in [0.15, 0.2) is 0 Å². The van der Waals surface area contributed by atoms with E-state index in [1.54, 1.807) is 0 Å². The van der Waals surface area contributed by atoms with Gasteiger partial charge >= 0.3 is 0 Å². The maximum absolute atomic E-state index is 5.69. The standard InChI is InChI=1S/C19H38N4O.ClH/c1-22(2)11-12-23-9-6-16(7-10-23)14-21-18-5-3-4-17(18)19-15-24-13-8-20-19;/h16-21H,3-15H2,1-2H3;1H. The van der Waals surface area contributed by atoms with Gasteiger partial charge in [0.1, 0.15) is 0 Å². The number of ether oxygens (including phenoxy) is 1. The first-order chi connectivity index (χ1) is 11.7. The van der Waals surface area contributed by atoms with E-state index in [1.165, 1.54) is 64.8 Å². The average molecular weight is 375 g/mol. The minimum atomic E-state index is 0. The van der Waals surface area contributed by atoms with Gasteiger partial charge in [0, 0.05) is 31.7 Å². The fourth-order valence-corrected chi connectivity index (χ4v) is 4.66. The smallest absolute Gasteiger partial charge is 0.0623 e. The lowest BCUT2D eigenvalue weighted by atomic mass is 9.92. The largest absolute Gasteiger partial charge is 0.379 e. The second kappa shape index (κ2) is 11.1. The number of nitrogens with one attached hydrogen (secondary N) is 2. The number of likely N-dealkylation sites (tertiary alicyclic amines) is 1. The lowest BCUT2D eigenvalue weighted by Gasteiger charge is -2.35. The molecule has 2 N–H and O–H groups in total. The van der Waals surface area contributed by atoms with E-state index in [4.69, 9.17) is 4.74 Å². The predicted molar refractivity (Wildman–Crippen MR) is 107 cm³/mol. The van der Waals surface area contributed by atoms with E-state index >= 15 is 0 Å². The Morgan fingerprint density at radius 3 is 2.64 bits per heavy atom. The van der Waals surface area contributed by atoms with Gasteiger partial charge in [-0.05, 0) is 71.2 Å². The minimum Gasteiger partial charge on any atom is -0.379 e. The monoisotopic (exact) mass is 374 g/mol. The minimum absolute atomic E-state index is 0. The first kappa shape index (κ1) is 21.4. The van der Waals surface area contributed by atoms with Crippen LogP contribution in [0.15, 0.2) is 0 Å². The second-order valence-electron chi connectivity index (χ2n) is 8.33. The lowest BCUT2D eigenvalue weighted by molar-refractivity contribution is 0.0519. The van der Waals surface area contributed by atoms with Crippen LogP contribution >= 0.6 is 12.4 Å². The van der Waals surface area contributed by atoms with Crippen LogP contribution in [0.4, 0.5) is 0 Å². The van der Waals surface area contributed by atoms with Crippen LogP contribution in [0.5, 0.6) is 0 Å². The zero-order valence-corrected chi connectivity index (χ0v) is 17.0. The molecule has 0 radical (unpaired) electrons. The van der Waals surface area contributed by atoms with Crippen molar-refractivity contribution >= 4 is 12.4 Å². The van der Waals surface area contributed by atoms with Crippen LogP contribution in [0.1, 0.15) is 32.1 Å². The van der Waals surface area contributed by atoms with Crippen LogP contribution < -0.4 is 10.6 Å². The summed E-state index contributed by atoms with van der Waals surface area (Å²) in [7, 11) is 4.34. The Morgan fingerprint density at radius 1 is 1.16 bits per heavy atom.